The molecule has 0 bridgehead atoms. The van der Waals surface area contributed by atoms with Crippen LogP contribution < -0.4 is 15.0 Å². The Morgan fingerprint density at radius 3 is 2.54 bits per heavy atom. The minimum absolute atomic E-state index is 0.0622. The number of alkyl carbamates (subject to hydrolysis) is 1. The number of methoxy groups -OCH3 is 1. The first kappa shape index (κ1) is 19.6. The average molecular weight is 390 g/mol. The molecule has 0 radical (unpaired) electrons. The number of hydrogen-bond acceptors (Lipinski definition) is 4. The molecule has 3 rings (SSSR count). The van der Waals surface area contributed by atoms with Gasteiger partial charge in [0.25, 0.3) is 5.91 Å². The third-order valence-corrected chi connectivity index (χ3v) is 4.58. The maximum atomic E-state index is 13.8. The van der Waals surface area contributed by atoms with Crippen LogP contribution >= 0.6 is 0 Å². The summed E-state index contributed by atoms with van der Waals surface area (Å²) in [6.07, 6.45) is -0.625. The van der Waals surface area contributed by atoms with Crippen molar-refractivity contribution in [1.29, 1.82) is 0 Å². The fourth-order valence-corrected chi connectivity index (χ4v) is 3.13. The summed E-state index contributed by atoms with van der Waals surface area (Å²) in [4.78, 5) is 26.1. The van der Waals surface area contributed by atoms with Crippen LogP contribution in [0.25, 0.3) is 0 Å². The molecule has 0 saturated heterocycles. The normalized spacial score (nSPS) is 18.3. The van der Waals surface area contributed by atoms with Gasteiger partial charge in [0.2, 0.25) is 5.60 Å². The SMILES string of the molecule is COC(=O)NCCN1C(=O)C(C)(c2cc(F)cc(F)c2)Oc2ccc(C)cc21. The molecule has 2 aromatic carbocycles. The molecular formula is C20H20F2N2O4. The Kier molecular flexibility index (Phi) is 5.22. The van der Waals surface area contributed by atoms with Crippen molar-refractivity contribution in [1.82, 2.24) is 5.32 Å². The first-order chi connectivity index (χ1) is 13.2. The summed E-state index contributed by atoms with van der Waals surface area (Å²) in [5.74, 6) is -1.71. The molecule has 1 atom stereocenters. The fraction of sp³-hybridized carbons (Fsp3) is 0.300. The van der Waals surface area contributed by atoms with Crippen molar-refractivity contribution < 1.29 is 27.8 Å². The molecule has 0 aromatic heterocycles. The number of anilines is 1. The maximum absolute atomic E-state index is 13.8. The lowest BCUT2D eigenvalue weighted by Gasteiger charge is -2.41. The second-order valence-corrected chi connectivity index (χ2v) is 6.64. The van der Waals surface area contributed by atoms with Crippen LogP contribution in [0.1, 0.15) is 18.1 Å². The molecule has 0 fully saturated rings. The highest BCUT2D eigenvalue weighted by Gasteiger charge is 2.46. The van der Waals surface area contributed by atoms with Crippen LogP contribution in [-0.4, -0.2) is 32.2 Å². The van der Waals surface area contributed by atoms with Crippen molar-refractivity contribution in [2.24, 2.45) is 0 Å². The second kappa shape index (κ2) is 7.46. The summed E-state index contributed by atoms with van der Waals surface area (Å²) in [7, 11) is 1.24. The third-order valence-electron chi connectivity index (χ3n) is 4.58. The molecule has 6 nitrogen and oxygen atoms in total. The first-order valence-electron chi connectivity index (χ1n) is 8.64. The van der Waals surface area contributed by atoms with Crippen molar-refractivity contribution >= 4 is 17.7 Å². The Morgan fingerprint density at radius 2 is 1.89 bits per heavy atom. The monoisotopic (exact) mass is 390 g/mol. The molecule has 148 valence electrons. The average Bonchev–Trinajstić information content (AvgIpc) is 2.64. The standard InChI is InChI=1S/C20H20F2N2O4/c1-12-4-5-17-16(8-12)24(7-6-23-19(26)27-3)18(25)20(2,28-17)13-9-14(21)11-15(22)10-13/h4-5,8-11H,6-7H2,1-3H3,(H,23,26). The summed E-state index contributed by atoms with van der Waals surface area (Å²) >= 11 is 0. The van der Waals surface area contributed by atoms with Crippen molar-refractivity contribution in [3.05, 3.63) is 59.2 Å². The van der Waals surface area contributed by atoms with Gasteiger partial charge in [0.1, 0.15) is 17.4 Å². The zero-order valence-corrected chi connectivity index (χ0v) is 15.7. The number of fused-ring (bicyclic) bond motifs is 1. The van der Waals surface area contributed by atoms with Gasteiger partial charge in [-0.15, -0.1) is 0 Å². The van der Waals surface area contributed by atoms with E-state index < -0.39 is 29.2 Å². The van der Waals surface area contributed by atoms with Crippen molar-refractivity contribution in [2.45, 2.75) is 19.4 Å². The highest BCUT2D eigenvalue weighted by Crippen LogP contribution is 2.42. The van der Waals surface area contributed by atoms with Gasteiger partial charge in [0.05, 0.1) is 12.8 Å². The molecule has 8 heteroatoms. The van der Waals surface area contributed by atoms with E-state index >= 15 is 0 Å². The Balaban J connectivity index is 2.01. The summed E-state index contributed by atoms with van der Waals surface area (Å²) < 4.78 is 38.0. The van der Waals surface area contributed by atoms with Crippen LogP contribution in [-0.2, 0) is 15.1 Å². The maximum Gasteiger partial charge on any atom is 0.406 e. The van der Waals surface area contributed by atoms with Gasteiger partial charge in [-0.1, -0.05) is 6.07 Å². The molecule has 28 heavy (non-hydrogen) atoms. The van der Waals surface area contributed by atoms with E-state index in [1.54, 1.807) is 12.1 Å². The molecular weight excluding hydrogens is 370 g/mol. The van der Waals surface area contributed by atoms with E-state index in [0.29, 0.717) is 11.4 Å². The number of rotatable bonds is 4. The Hall–Kier alpha value is -3.16. The molecule has 1 N–H and O–H groups in total. The van der Waals surface area contributed by atoms with Gasteiger partial charge in [-0.2, -0.15) is 0 Å². The van der Waals surface area contributed by atoms with Crippen LogP contribution in [0, 0.1) is 18.6 Å². The van der Waals surface area contributed by atoms with E-state index in [9.17, 15) is 18.4 Å². The molecule has 1 heterocycles. The van der Waals surface area contributed by atoms with Gasteiger partial charge >= 0.3 is 6.09 Å². The van der Waals surface area contributed by atoms with Crippen LogP contribution in [0.5, 0.6) is 5.75 Å². The quantitative estimate of drug-likeness (QED) is 0.870. The van der Waals surface area contributed by atoms with E-state index in [1.165, 1.54) is 18.9 Å². The molecule has 0 aliphatic carbocycles. The number of hydrogen-bond donors (Lipinski definition) is 1. The number of benzene rings is 2. The zero-order valence-electron chi connectivity index (χ0n) is 15.7. The minimum Gasteiger partial charge on any atom is -0.471 e. The lowest BCUT2D eigenvalue weighted by atomic mass is 9.91. The zero-order chi connectivity index (χ0) is 20.5. The van der Waals surface area contributed by atoms with E-state index in [4.69, 9.17) is 4.74 Å². The number of carbonyl (C=O) groups excluding carboxylic acids is 2. The van der Waals surface area contributed by atoms with Crippen LogP contribution in [0.3, 0.4) is 0 Å². The predicted molar refractivity (Wildman–Crippen MR) is 98.3 cm³/mol. The lowest BCUT2D eigenvalue weighted by Crippen LogP contribution is -2.54. The smallest absolute Gasteiger partial charge is 0.406 e. The number of carbonyl (C=O) groups is 2. The van der Waals surface area contributed by atoms with Crippen molar-refractivity contribution in [3.8, 4) is 5.75 Å². The number of aryl methyl sites for hydroxylation is 1. The Bertz CT molecular complexity index is 914. The molecule has 0 saturated carbocycles. The predicted octanol–water partition coefficient (Wildman–Crippen LogP) is 3.27. The highest BCUT2D eigenvalue weighted by molar-refractivity contribution is 6.03. The summed E-state index contributed by atoms with van der Waals surface area (Å²) in [6, 6.07) is 8.17. The van der Waals surface area contributed by atoms with E-state index in [0.717, 1.165) is 23.8 Å². The number of halogens is 2. The lowest BCUT2D eigenvalue weighted by molar-refractivity contribution is -0.135. The van der Waals surface area contributed by atoms with E-state index in [2.05, 4.69) is 10.1 Å². The molecule has 1 aliphatic heterocycles. The fourth-order valence-electron chi connectivity index (χ4n) is 3.13. The van der Waals surface area contributed by atoms with Gasteiger partial charge in [-0.25, -0.2) is 13.6 Å². The van der Waals surface area contributed by atoms with Crippen molar-refractivity contribution in [3.63, 3.8) is 0 Å². The van der Waals surface area contributed by atoms with Crippen LogP contribution in [0.15, 0.2) is 36.4 Å². The number of amides is 2. The minimum atomic E-state index is -1.63. The summed E-state index contributed by atoms with van der Waals surface area (Å²) in [6.45, 7) is 3.58. The first-order valence-corrected chi connectivity index (χ1v) is 8.64. The molecule has 2 amide bonds. The highest BCUT2D eigenvalue weighted by atomic mass is 19.1. The largest absolute Gasteiger partial charge is 0.471 e. The second-order valence-electron chi connectivity index (χ2n) is 6.64. The van der Waals surface area contributed by atoms with Crippen LogP contribution in [0.2, 0.25) is 0 Å². The van der Waals surface area contributed by atoms with Crippen molar-refractivity contribution in [2.75, 3.05) is 25.1 Å². The Labute approximate surface area is 161 Å². The number of ether oxygens (including phenoxy) is 2. The van der Waals surface area contributed by atoms with E-state index in [-0.39, 0.29) is 18.7 Å². The van der Waals surface area contributed by atoms with Gasteiger partial charge in [0.15, 0.2) is 0 Å². The van der Waals surface area contributed by atoms with Gasteiger partial charge < -0.3 is 19.7 Å². The molecule has 2 aromatic rings. The summed E-state index contributed by atoms with van der Waals surface area (Å²) in [5, 5.41) is 2.52. The molecule has 1 aliphatic rings. The van der Waals surface area contributed by atoms with Gasteiger partial charge in [-0.05, 0) is 43.7 Å². The number of nitrogens with one attached hydrogen (secondary N) is 1. The summed E-state index contributed by atoms with van der Waals surface area (Å²) in [5.41, 5.74) is -0.143. The number of nitrogens with zero attached hydrogens (tertiary/aromatic N) is 1. The Morgan fingerprint density at radius 1 is 1.21 bits per heavy atom. The molecule has 0 spiro atoms. The third kappa shape index (κ3) is 3.62. The van der Waals surface area contributed by atoms with E-state index in [1.807, 2.05) is 13.0 Å². The topological polar surface area (TPSA) is 67.9 Å². The molecule has 1 unspecified atom stereocenters. The van der Waals surface area contributed by atoms with Gasteiger partial charge in [0, 0.05) is 24.7 Å². The van der Waals surface area contributed by atoms with Crippen LogP contribution in [0.4, 0.5) is 19.3 Å². The van der Waals surface area contributed by atoms with Gasteiger partial charge in [-0.3, -0.25) is 4.79 Å².